The van der Waals surface area contributed by atoms with Crippen molar-refractivity contribution in [3.05, 3.63) is 42.1 Å². The summed E-state index contributed by atoms with van der Waals surface area (Å²) in [5.74, 6) is 0.588. The first kappa shape index (κ1) is 14.6. The zero-order valence-corrected chi connectivity index (χ0v) is 11.8. The molecule has 7 heteroatoms. The first-order valence-corrected chi connectivity index (χ1v) is 6.83. The molecule has 0 N–H and O–H groups in total. The molecule has 0 fully saturated rings. The zero-order valence-electron chi connectivity index (χ0n) is 11.8. The Morgan fingerprint density at radius 1 is 1.18 bits per heavy atom. The fourth-order valence-electron chi connectivity index (χ4n) is 2.60. The highest BCUT2D eigenvalue weighted by molar-refractivity contribution is 5.80. The highest BCUT2D eigenvalue weighted by Gasteiger charge is 2.32. The number of halogens is 3. The van der Waals surface area contributed by atoms with Crippen molar-refractivity contribution in [1.29, 1.82) is 0 Å². The molecule has 0 saturated carbocycles. The average Bonchev–Trinajstić information content (AvgIpc) is 2.93. The summed E-state index contributed by atoms with van der Waals surface area (Å²) in [4.78, 5) is 13.5. The number of fused-ring (bicyclic) bond motifs is 1. The minimum absolute atomic E-state index is 0.0399. The predicted molar refractivity (Wildman–Crippen MR) is 74.8 cm³/mol. The number of hydrogen-bond donors (Lipinski definition) is 0. The fourth-order valence-corrected chi connectivity index (χ4v) is 2.60. The van der Waals surface area contributed by atoms with Crippen LogP contribution in [0, 0.1) is 5.92 Å². The van der Waals surface area contributed by atoms with Crippen LogP contribution in [-0.4, -0.2) is 22.1 Å². The molecule has 0 radical (unpaired) electrons. The van der Waals surface area contributed by atoms with Crippen molar-refractivity contribution in [2.45, 2.75) is 19.6 Å². The third-order valence-corrected chi connectivity index (χ3v) is 3.85. The lowest BCUT2D eigenvalue weighted by Crippen LogP contribution is -2.38. The Morgan fingerprint density at radius 2 is 1.86 bits per heavy atom. The summed E-state index contributed by atoms with van der Waals surface area (Å²) in [6, 6.07) is 6.72. The van der Waals surface area contributed by atoms with E-state index in [9.17, 15) is 18.0 Å². The summed E-state index contributed by atoms with van der Waals surface area (Å²) >= 11 is 0. The molecule has 1 aliphatic heterocycles. The van der Waals surface area contributed by atoms with E-state index in [2.05, 4.69) is 5.10 Å². The van der Waals surface area contributed by atoms with E-state index >= 15 is 0 Å². The number of Topliss-reactive ketones (excluding diaryl/α,β-unsaturated/α-hetero) is 1. The van der Waals surface area contributed by atoms with Crippen molar-refractivity contribution < 1.29 is 18.0 Å². The summed E-state index contributed by atoms with van der Waals surface area (Å²) in [5, 5.41) is 4.16. The van der Waals surface area contributed by atoms with E-state index in [4.69, 9.17) is 0 Å². The van der Waals surface area contributed by atoms with E-state index < -0.39 is 11.7 Å². The van der Waals surface area contributed by atoms with Crippen LogP contribution in [0.5, 0.6) is 0 Å². The van der Waals surface area contributed by atoms with Crippen LogP contribution in [0.2, 0.25) is 0 Å². The number of carbonyl (C=O) groups is 1. The number of aromatic nitrogens is 2. The van der Waals surface area contributed by atoms with Crippen LogP contribution in [0.4, 0.5) is 24.7 Å². The van der Waals surface area contributed by atoms with Gasteiger partial charge in [-0.15, -0.1) is 0 Å². The molecule has 3 rings (SSSR count). The molecular weight excluding hydrogens is 295 g/mol. The van der Waals surface area contributed by atoms with Gasteiger partial charge in [-0.3, -0.25) is 4.79 Å². The molecule has 22 heavy (non-hydrogen) atoms. The monoisotopic (exact) mass is 309 g/mol. The van der Waals surface area contributed by atoms with Gasteiger partial charge in [-0.2, -0.15) is 18.3 Å². The molecule has 1 unspecified atom stereocenters. The number of alkyl halides is 3. The van der Waals surface area contributed by atoms with Gasteiger partial charge in [0.2, 0.25) is 0 Å². The van der Waals surface area contributed by atoms with E-state index in [-0.39, 0.29) is 11.7 Å². The Hall–Kier alpha value is -2.31. The standard InChI is InChI=1S/C15H14F3N3O/c1-10(22)11-8-20(14-6-7-19-21(14)9-11)13-4-2-12(3-5-13)15(16,17)18/h2-7,11H,8-9H2,1H3. The molecule has 0 bridgehead atoms. The van der Waals surface area contributed by atoms with E-state index in [1.54, 1.807) is 16.9 Å². The third-order valence-electron chi connectivity index (χ3n) is 3.85. The predicted octanol–water partition coefficient (Wildman–Crippen LogP) is 3.26. The van der Waals surface area contributed by atoms with Gasteiger partial charge >= 0.3 is 6.18 Å². The first-order chi connectivity index (χ1) is 10.4. The number of nitrogens with zero attached hydrogens (tertiary/aromatic N) is 3. The highest BCUT2D eigenvalue weighted by Crippen LogP contribution is 2.34. The third kappa shape index (κ3) is 2.58. The maximum atomic E-state index is 12.6. The Kier molecular flexibility index (Phi) is 3.42. The van der Waals surface area contributed by atoms with Gasteiger partial charge < -0.3 is 4.90 Å². The van der Waals surface area contributed by atoms with E-state index in [0.717, 1.165) is 18.0 Å². The summed E-state index contributed by atoms with van der Waals surface area (Å²) in [7, 11) is 0. The topological polar surface area (TPSA) is 38.1 Å². The van der Waals surface area contributed by atoms with E-state index in [0.29, 0.717) is 18.8 Å². The maximum Gasteiger partial charge on any atom is 0.416 e. The van der Waals surface area contributed by atoms with Crippen LogP contribution >= 0.6 is 0 Å². The molecule has 2 heterocycles. The molecule has 4 nitrogen and oxygen atoms in total. The molecule has 1 aromatic carbocycles. The average molecular weight is 309 g/mol. The molecule has 1 atom stereocenters. The lowest BCUT2D eigenvalue weighted by Gasteiger charge is -2.33. The lowest BCUT2D eigenvalue weighted by molar-refractivity contribution is -0.137. The van der Waals surface area contributed by atoms with Gasteiger partial charge in [-0.25, -0.2) is 4.68 Å². The number of anilines is 2. The molecule has 0 spiro atoms. The van der Waals surface area contributed by atoms with Gasteiger partial charge in [0.25, 0.3) is 0 Å². The van der Waals surface area contributed by atoms with Crippen molar-refractivity contribution in [3.63, 3.8) is 0 Å². The zero-order chi connectivity index (χ0) is 15.9. The number of hydrogen-bond acceptors (Lipinski definition) is 3. The Labute approximate surface area is 125 Å². The lowest BCUT2D eigenvalue weighted by atomic mass is 10.0. The number of ketones is 1. The SMILES string of the molecule is CC(=O)C1CN(c2ccc(C(F)(F)F)cc2)c2ccnn2C1. The van der Waals surface area contributed by atoms with Crippen LogP contribution in [0.3, 0.4) is 0 Å². The molecule has 2 aromatic rings. The summed E-state index contributed by atoms with van der Waals surface area (Å²) in [6.07, 6.45) is -2.74. The van der Waals surface area contributed by atoms with Gasteiger partial charge in [0.1, 0.15) is 11.6 Å². The van der Waals surface area contributed by atoms with Crippen LogP contribution in [-0.2, 0) is 17.5 Å². The van der Waals surface area contributed by atoms with Crippen molar-refractivity contribution in [2.75, 3.05) is 11.4 Å². The molecule has 0 aliphatic carbocycles. The fraction of sp³-hybridized carbons (Fsp3) is 0.333. The second kappa shape index (κ2) is 5.15. The normalized spacial score (nSPS) is 18.2. The highest BCUT2D eigenvalue weighted by atomic mass is 19.4. The first-order valence-electron chi connectivity index (χ1n) is 6.83. The summed E-state index contributed by atoms with van der Waals surface area (Å²) in [5.41, 5.74) is -0.0782. The molecule has 0 saturated heterocycles. The molecule has 1 aliphatic rings. The molecule has 116 valence electrons. The van der Waals surface area contributed by atoms with Gasteiger partial charge in [-0.1, -0.05) is 0 Å². The number of rotatable bonds is 2. The summed E-state index contributed by atoms with van der Waals surface area (Å²) in [6.45, 7) is 2.45. The second-order valence-corrected chi connectivity index (χ2v) is 5.33. The maximum absolute atomic E-state index is 12.6. The molecule has 1 aromatic heterocycles. The van der Waals surface area contributed by atoms with Crippen LogP contribution < -0.4 is 4.90 Å². The summed E-state index contributed by atoms with van der Waals surface area (Å²) < 4.78 is 39.6. The van der Waals surface area contributed by atoms with Gasteiger partial charge in [0, 0.05) is 18.3 Å². The van der Waals surface area contributed by atoms with Gasteiger partial charge in [-0.05, 0) is 31.2 Å². The van der Waals surface area contributed by atoms with Gasteiger partial charge in [0.15, 0.2) is 0 Å². The van der Waals surface area contributed by atoms with Crippen LogP contribution in [0.25, 0.3) is 0 Å². The van der Waals surface area contributed by atoms with Crippen molar-refractivity contribution in [3.8, 4) is 0 Å². The van der Waals surface area contributed by atoms with Crippen LogP contribution in [0.15, 0.2) is 36.5 Å². The second-order valence-electron chi connectivity index (χ2n) is 5.33. The largest absolute Gasteiger partial charge is 0.416 e. The van der Waals surface area contributed by atoms with E-state index in [1.807, 2.05) is 4.90 Å². The minimum Gasteiger partial charge on any atom is -0.326 e. The van der Waals surface area contributed by atoms with Crippen LogP contribution in [0.1, 0.15) is 12.5 Å². The van der Waals surface area contributed by atoms with Crippen molar-refractivity contribution in [2.24, 2.45) is 5.92 Å². The molecule has 0 amide bonds. The quantitative estimate of drug-likeness (QED) is 0.854. The Morgan fingerprint density at radius 3 is 2.45 bits per heavy atom. The Balaban J connectivity index is 1.95. The molecular formula is C15H14F3N3O. The minimum atomic E-state index is -4.36. The van der Waals surface area contributed by atoms with Crippen molar-refractivity contribution >= 4 is 17.3 Å². The van der Waals surface area contributed by atoms with Crippen molar-refractivity contribution in [1.82, 2.24) is 9.78 Å². The Bertz CT molecular complexity index is 691. The van der Waals surface area contributed by atoms with Gasteiger partial charge in [0.05, 0.1) is 24.2 Å². The number of carbonyl (C=O) groups excluding carboxylic acids is 1. The van der Waals surface area contributed by atoms with E-state index in [1.165, 1.54) is 19.1 Å². The smallest absolute Gasteiger partial charge is 0.326 e. The number of benzene rings is 1.